The van der Waals surface area contributed by atoms with Crippen molar-refractivity contribution < 1.29 is 24.0 Å². The molecule has 1 aromatic rings. The van der Waals surface area contributed by atoms with Gasteiger partial charge in [0.2, 0.25) is 0 Å². The number of hydrogen-bond donors (Lipinski definition) is 0. The van der Waals surface area contributed by atoms with Crippen LogP contribution in [0.25, 0.3) is 0 Å². The summed E-state index contributed by atoms with van der Waals surface area (Å²) in [6.07, 6.45) is 0. The minimum Gasteiger partial charge on any atom is -0.872 e. The predicted octanol–water partition coefficient (Wildman–Crippen LogP) is -2.17. The maximum absolute atomic E-state index is 10.8. The zero-order valence-electron chi connectivity index (χ0n) is 7.16. The van der Waals surface area contributed by atoms with Gasteiger partial charge in [0.1, 0.15) is 0 Å². The summed E-state index contributed by atoms with van der Waals surface area (Å²) in [6.45, 7) is 0. The molecule has 0 radical (unpaired) electrons. The Kier molecular flexibility index (Phi) is 4.10. The smallest absolute Gasteiger partial charge is 0.872 e. The third kappa shape index (κ3) is 2.88. The molecular formula is C8H10LiNO. The maximum atomic E-state index is 10.8. The van der Waals surface area contributed by atoms with Crippen molar-refractivity contribution in [3.8, 4) is 5.75 Å². The van der Waals surface area contributed by atoms with Gasteiger partial charge in [-0.15, -0.1) is 5.75 Å². The van der Waals surface area contributed by atoms with Gasteiger partial charge in [-0.05, 0) is 12.1 Å². The van der Waals surface area contributed by atoms with Gasteiger partial charge in [0, 0.05) is 19.8 Å². The van der Waals surface area contributed by atoms with Crippen LogP contribution in [-0.2, 0) is 0 Å². The SMILES string of the molecule is CN(C)c1cccc([O-])c1.[Li+]. The van der Waals surface area contributed by atoms with E-state index in [9.17, 15) is 5.11 Å². The fraction of sp³-hybridized carbons (Fsp3) is 0.250. The Bertz CT molecular complexity index is 225. The number of rotatable bonds is 1. The Morgan fingerprint density at radius 3 is 2.27 bits per heavy atom. The van der Waals surface area contributed by atoms with E-state index in [-0.39, 0.29) is 24.6 Å². The van der Waals surface area contributed by atoms with Crippen molar-refractivity contribution in [1.82, 2.24) is 0 Å². The van der Waals surface area contributed by atoms with Crippen LogP contribution in [0.4, 0.5) is 5.69 Å². The minimum atomic E-state index is 0. The van der Waals surface area contributed by atoms with Gasteiger partial charge in [0.25, 0.3) is 0 Å². The summed E-state index contributed by atoms with van der Waals surface area (Å²) in [6, 6.07) is 6.83. The molecule has 0 atom stereocenters. The van der Waals surface area contributed by atoms with E-state index >= 15 is 0 Å². The normalized spacial score (nSPS) is 8.55. The third-order valence-corrected chi connectivity index (χ3v) is 1.33. The molecule has 0 spiro atoms. The Balaban J connectivity index is 0.000001000. The molecular weight excluding hydrogens is 133 g/mol. The van der Waals surface area contributed by atoms with E-state index in [1.54, 1.807) is 18.2 Å². The van der Waals surface area contributed by atoms with Crippen LogP contribution < -0.4 is 28.9 Å². The van der Waals surface area contributed by atoms with Gasteiger partial charge >= 0.3 is 18.9 Å². The number of benzene rings is 1. The molecule has 0 unspecified atom stereocenters. The van der Waals surface area contributed by atoms with Gasteiger partial charge in [-0.2, -0.15) is 0 Å². The first kappa shape index (κ1) is 10.4. The van der Waals surface area contributed by atoms with Crippen LogP contribution in [0, 0.1) is 0 Å². The van der Waals surface area contributed by atoms with Crippen LogP contribution in [-0.4, -0.2) is 14.1 Å². The van der Waals surface area contributed by atoms with Crippen molar-refractivity contribution in [2.75, 3.05) is 19.0 Å². The van der Waals surface area contributed by atoms with E-state index < -0.39 is 0 Å². The molecule has 54 valence electrons. The molecule has 0 heterocycles. The van der Waals surface area contributed by atoms with Crippen LogP contribution in [0.2, 0.25) is 0 Å². The molecule has 3 heteroatoms. The molecule has 0 N–H and O–H groups in total. The topological polar surface area (TPSA) is 26.3 Å². The third-order valence-electron chi connectivity index (χ3n) is 1.33. The van der Waals surface area contributed by atoms with E-state index in [0.29, 0.717) is 0 Å². The summed E-state index contributed by atoms with van der Waals surface area (Å²) in [4.78, 5) is 1.90. The van der Waals surface area contributed by atoms with Crippen molar-refractivity contribution >= 4 is 5.69 Å². The van der Waals surface area contributed by atoms with Gasteiger partial charge in [0.15, 0.2) is 0 Å². The molecule has 0 aromatic heterocycles. The quantitative estimate of drug-likeness (QED) is 0.418. The van der Waals surface area contributed by atoms with Crippen molar-refractivity contribution in [2.45, 2.75) is 0 Å². The summed E-state index contributed by atoms with van der Waals surface area (Å²) in [7, 11) is 3.82. The van der Waals surface area contributed by atoms with E-state index in [1.807, 2.05) is 25.1 Å². The largest absolute Gasteiger partial charge is 1.00 e. The molecule has 0 aliphatic heterocycles. The first-order valence-corrected chi connectivity index (χ1v) is 3.14. The van der Waals surface area contributed by atoms with E-state index in [0.717, 1.165) is 5.69 Å². The molecule has 1 rings (SSSR count). The molecule has 0 fully saturated rings. The average Bonchev–Trinajstić information content (AvgIpc) is 1.88. The summed E-state index contributed by atoms with van der Waals surface area (Å²) in [5.74, 6) is 0.0613. The minimum absolute atomic E-state index is 0. The monoisotopic (exact) mass is 143 g/mol. The molecule has 0 saturated carbocycles. The van der Waals surface area contributed by atoms with Crippen LogP contribution in [0.5, 0.6) is 5.75 Å². The van der Waals surface area contributed by atoms with Gasteiger partial charge in [-0.1, -0.05) is 12.1 Å². The molecule has 0 amide bonds. The number of anilines is 1. The summed E-state index contributed by atoms with van der Waals surface area (Å²) in [5.41, 5.74) is 0.951. The zero-order valence-corrected chi connectivity index (χ0v) is 7.16. The maximum Gasteiger partial charge on any atom is 1.00 e. The summed E-state index contributed by atoms with van der Waals surface area (Å²) < 4.78 is 0. The van der Waals surface area contributed by atoms with Crippen molar-refractivity contribution in [1.29, 1.82) is 0 Å². The second kappa shape index (κ2) is 4.33. The van der Waals surface area contributed by atoms with E-state index in [4.69, 9.17) is 0 Å². The van der Waals surface area contributed by atoms with Crippen LogP contribution in [0.15, 0.2) is 24.3 Å². The second-order valence-corrected chi connectivity index (χ2v) is 2.39. The summed E-state index contributed by atoms with van der Waals surface area (Å²) >= 11 is 0. The fourth-order valence-electron chi connectivity index (χ4n) is 0.762. The summed E-state index contributed by atoms with van der Waals surface area (Å²) in [5, 5.41) is 10.8. The van der Waals surface area contributed by atoms with Crippen LogP contribution in [0.1, 0.15) is 0 Å². The molecule has 2 nitrogen and oxygen atoms in total. The first-order chi connectivity index (χ1) is 4.70. The predicted molar refractivity (Wildman–Crippen MR) is 40.2 cm³/mol. The molecule has 11 heavy (non-hydrogen) atoms. The van der Waals surface area contributed by atoms with Gasteiger partial charge in [0.05, 0.1) is 0 Å². The molecule has 0 aliphatic carbocycles. The standard InChI is InChI=1S/C8H11NO.Li/c1-9(2)7-4-3-5-8(10)6-7;/h3-6,10H,1-2H3;/q;+1/p-1. The van der Waals surface area contributed by atoms with Crippen molar-refractivity contribution in [3.63, 3.8) is 0 Å². The van der Waals surface area contributed by atoms with E-state index in [2.05, 4.69) is 0 Å². The Hall–Kier alpha value is -0.583. The molecule has 0 bridgehead atoms. The second-order valence-electron chi connectivity index (χ2n) is 2.39. The molecule has 1 aromatic carbocycles. The Morgan fingerprint density at radius 2 is 1.91 bits per heavy atom. The van der Waals surface area contributed by atoms with Crippen LogP contribution in [0.3, 0.4) is 0 Å². The van der Waals surface area contributed by atoms with E-state index in [1.165, 1.54) is 0 Å². The van der Waals surface area contributed by atoms with Crippen LogP contribution >= 0.6 is 0 Å². The molecule has 0 saturated heterocycles. The van der Waals surface area contributed by atoms with Crippen molar-refractivity contribution in [3.05, 3.63) is 24.3 Å². The van der Waals surface area contributed by atoms with Crippen molar-refractivity contribution in [2.24, 2.45) is 0 Å². The first-order valence-electron chi connectivity index (χ1n) is 3.14. The van der Waals surface area contributed by atoms with Gasteiger partial charge < -0.3 is 10.0 Å². The Labute approximate surface area is 79.0 Å². The van der Waals surface area contributed by atoms with Gasteiger partial charge in [-0.25, -0.2) is 0 Å². The molecule has 0 aliphatic rings. The number of nitrogens with zero attached hydrogens (tertiary/aromatic N) is 1. The zero-order chi connectivity index (χ0) is 7.56. The van der Waals surface area contributed by atoms with Gasteiger partial charge in [-0.3, -0.25) is 0 Å². The fourth-order valence-corrected chi connectivity index (χ4v) is 0.762. The number of hydrogen-bond acceptors (Lipinski definition) is 2. The average molecular weight is 143 g/mol. The Morgan fingerprint density at radius 1 is 1.27 bits per heavy atom.